The number of carbonyl (C=O) groups excluding carboxylic acids is 1. The van der Waals surface area contributed by atoms with Crippen LogP contribution in [-0.2, 0) is 6.61 Å². The fourth-order valence-electron chi connectivity index (χ4n) is 5.15. The van der Waals surface area contributed by atoms with Crippen LogP contribution in [0.4, 0.5) is 11.4 Å². The van der Waals surface area contributed by atoms with Gasteiger partial charge in [-0.25, -0.2) is 4.79 Å². The highest BCUT2D eigenvalue weighted by Gasteiger charge is 2.27. The molecule has 10 heteroatoms. The van der Waals surface area contributed by atoms with Gasteiger partial charge in [-0.3, -0.25) is 10.1 Å². The summed E-state index contributed by atoms with van der Waals surface area (Å²) in [5.41, 5.74) is 5.04. The van der Waals surface area contributed by atoms with E-state index in [0.29, 0.717) is 22.1 Å². The SMILES string of the molecule is COc1ccc([N+](=O)[O-])cc1OCc1c(-c2ccc(OC(=O)c3cccs3)cc2OC)ccc2c1C(C)=CC(C)(C)N2. The smallest absolute Gasteiger partial charge is 0.353 e. The van der Waals surface area contributed by atoms with E-state index in [4.69, 9.17) is 18.9 Å². The lowest BCUT2D eigenvalue weighted by molar-refractivity contribution is -0.385. The second-order valence-electron chi connectivity index (χ2n) is 10.3. The number of methoxy groups -OCH3 is 2. The Hall–Kier alpha value is -4.83. The maximum Gasteiger partial charge on any atom is 0.353 e. The average Bonchev–Trinajstić information content (AvgIpc) is 3.50. The number of hydrogen-bond acceptors (Lipinski definition) is 9. The van der Waals surface area contributed by atoms with Gasteiger partial charge in [-0.05, 0) is 67.6 Å². The fraction of sp³-hybridized carbons (Fsp3) is 0.219. The molecule has 0 saturated heterocycles. The normalized spacial score (nSPS) is 13.3. The zero-order valence-corrected chi connectivity index (χ0v) is 24.7. The van der Waals surface area contributed by atoms with Crippen LogP contribution < -0.4 is 24.3 Å². The number of benzene rings is 3. The Morgan fingerprint density at radius 2 is 1.74 bits per heavy atom. The monoisotopic (exact) mass is 586 g/mol. The molecule has 1 aliphatic rings. The number of esters is 1. The van der Waals surface area contributed by atoms with Gasteiger partial charge in [-0.15, -0.1) is 11.3 Å². The van der Waals surface area contributed by atoms with Crippen LogP contribution in [0, 0.1) is 10.1 Å². The van der Waals surface area contributed by atoms with Crippen LogP contribution in [-0.4, -0.2) is 30.7 Å². The van der Waals surface area contributed by atoms with Crippen LogP contribution in [0.2, 0.25) is 0 Å². The Morgan fingerprint density at radius 3 is 2.43 bits per heavy atom. The van der Waals surface area contributed by atoms with Gasteiger partial charge < -0.3 is 24.3 Å². The van der Waals surface area contributed by atoms with E-state index in [9.17, 15) is 14.9 Å². The first-order valence-corrected chi connectivity index (χ1v) is 14.0. The standard InChI is InChI=1S/C32H30N2O7S/c1-19-17-32(2,3)33-25-12-11-22(23-10-9-21(16-27(23)39-5)41-31(35)29-7-6-14-42-29)24(30(19)25)18-40-28-15-20(34(36)37)8-13-26(28)38-4/h6-17,33H,18H2,1-5H3. The van der Waals surface area contributed by atoms with E-state index in [2.05, 4.69) is 25.2 Å². The summed E-state index contributed by atoms with van der Waals surface area (Å²) >= 11 is 1.31. The number of carbonyl (C=O) groups is 1. The summed E-state index contributed by atoms with van der Waals surface area (Å²) in [6.07, 6.45) is 2.15. The lowest BCUT2D eigenvalue weighted by Crippen LogP contribution is -2.32. The molecular formula is C32H30N2O7S. The van der Waals surface area contributed by atoms with Crippen molar-refractivity contribution in [1.29, 1.82) is 0 Å². The van der Waals surface area contributed by atoms with Gasteiger partial charge in [-0.2, -0.15) is 0 Å². The van der Waals surface area contributed by atoms with Crippen molar-refractivity contribution < 1.29 is 28.7 Å². The molecule has 0 bridgehead atoms. The van der Waals surface area contributed by atoms with Crippen molar-refractivity contribution in [3.63, 3.8) is 0 Å². The Bertz CT molecular complexity index is 1690. The van der Waals surface area contributed by atoms with Gasteiger partial charge in [0.15, 0.2) is 11.5 Å². The maximum atomic E-state index is 12.5. The summed E-state index contributed by atoms with van der Waals surface area (Å²) in [6, 6.07) is 17.0. The lowest BCUT2D eigenvalue weighted by Gasteiger charge is -2.33. The van der Waals surface area contributed by atoms with E-state index in [-0.39, 0.29) is 23.6 Å². The zero-order valence-electron chi connectivity index (χ0n) is 23.8. The molecule has 1 N–H and O–H groups in total. The number of nitro benzene ring substituents is 1. The number of nitrogens with one attached hydrogen (secondary N) is 1. The summed E-state index contributed by atoms with van der Waals surface area (Å²) in [5.74, 6) is 1.05. The molecule has 9 nitrogen and oxygen atoms in total. The van der Waals surface area contributed by atoms with Crippen molar-refractivity contribution in [1.82, 2.24) is 0 Å². The van der Waals surface area contributed by atoms with Crippen molar-refractivity contribution in [3.05, 3.63) is 98.2 Å². The second kappa shape index (κ2) is 11.6. The maximum absolute atomic E-state index is 12.5. The number of anilines is 1. The predicted molar refractivity (Wildman–Crippen MR) is 163 cm³/mol. The molecule has 0 fully saturated rings. The van der Waals surface area contributed by atoms with E-state index >= 15 is 0 Å². The first kappa shape index (κ1) is 28.7. The topological polar surface area (TPSA) is 109 Å². The second-order valence-corrected chi connectivity index (χ2v) is 11.2. The first-order valence-electron chi connectivity index (χ1n) is 13.1. The van der Waals surface area contributed by atoms with Crippen LogP contribution in [0.5, 0.6) is 23.0 Å². The third-order valence-electron chi connectivity index (χ3n) is 6.87. The Labute approximate surface area is 247 Å². The largest absolute Gasteiger partial charge is 0.496 e. The van der Waals surface area contributed by atoms with E-state index in [1.807, 2.05) is 30.5 Å². The molecule has 2 heterocycles. The molecule has 0 radical (unpaired) electrons. The molecule has 1 aliphatic heterocycles. The van der Waals surface area contributed by atoms with E-state index in [0.717, 1.165) is 33.5 Å². The van der Waals surface area contributed by atoms with Crippen molar-refractivity contribution in [2.75, 3.05) is 19.5 Å². The van der Waals surface area contributed by atoms with Crippen LogP contribution in [0.25, 0.3) is 16.7 Å². The molecule has 4 aromatic rings. The number of hydrogen-bond donors (Lipinski definition) is 1. The minimum absolute atomic E-state index is 0.0849. The molecule has 5 rings (SSSR count). The van der Waals surface area contributed by atoms with Gasteiger partial charge in [0.05, 0.1) is 30.7 Å². The van der Waals surface area contributed by atoms with Gasteiger partial charge >= 0.3 is 5.97 Å². The number of thiophene rings is 1. The Balaban J connectivity index is 1.58. The molecule has 0 saturated carbocycles. The summed E-state index contributed by atoms with van der Waals surface area (Å²) in [5, 5.41) is 16.8. The van der Waals surface area contributed by atoms with Crippen molar-refractivity contribution in [2.45, 2.75) is 32.9 Å². The van der Waals surface area contributed by atoms with Crippen LogP contribution >= 0.6 is 11.3 Å². The van der Waals surface area contributed by atoms with Gasteiger partial charge in [0, 0.05) is 34.5 Å². The quantitative estimate of drug-likeness (QED) is 0.0918. The van der Waals surface area contributed by atoms with Crippen LogP contribution in [0.3, 0.4) is 0 Å². The summed E-state index contributed by atoms with van der Waals surface area (Å²) in [4.78, 5) is 24.0. The van der Waals surface area contributed by atoms with Crippen molar-refractivity contribution in [3.8, 4) is 34.1 Å². The van der Waals surface area contributed by atoms with Crippen molar-refractivity contribution in [2.24, 2.45) is 0 Å². The number of fused-ring (bicyclic) bond motifs is 1. The zero-order chi connectivity index (χ0) is 30.0. The summed E-state index contributed by atoms with van der Waals surface area (Å²) < 4.78 is 23.0. The highest BCUT2D eigenvalue weighted by Crippen LogP contribution is 2.44. The minimum Gasteiger partial charge on any atom is -0.496 e. The Kier molecular flexibility index (Phi) is 7.91. The molecule has 42 heavy (non-hydrogen) atoms. The minimum atomic E-state index is -0.474. The van der Waals surface area contributed by atoms with Gasteiger partial charge in [0.1, 0.15) is 23.0 Å². The van der Waals surface area contributed by atoms with Crippen LogP contribution in [0.15, 0.2) is 72.1 Å². The number of nitro groups is 1. The third kappa shape index (κ3) is 5.80. The Morgan fingerprint density at radius 1 is 0.976 bits per heavy atom. The highest BCUT2D eigenvalue weighted by molar-refractivity contribution is 7.12. The number of rotatable bonds is 9. The van der Waals surface area contributed by atoms with Gasteiger partial charge in [0.2, 0.25) is 0 Å². The molecule has 3 aromatic carbocycles. The molecule has 0 aliphatic carbocycles. The molecule has 1 aromatic heterocycles. The molecule has 0 atom stereocenters. The molecule has 216 valence electrons. The number of non-ortho nitro benzene ring substituents is 1. The summed E-state index contributed by atoms with van der Waals surface area (Å²) in [6.45, 7) is 6.32. The number of ether oxygens (including phenoxy) is 4. The third-order valence-corrected chi connectivity index (χ3v) is 7.72. The van der Waals surface area contributed by atoms with Gasteiger partial charge in [-0.1, -0.05) is 18.2 Å². The number of nitrogens with zero attached hydrogens (tertiary/aromatic N) is 1. The molecule has 0 unspecified atom stereocenters. The van der Waals surface area contributed by atoms with E-state index in [1.54, 1.807) is 31.4 Å². The van der Waals surface area contributed by atoms with Crippen LogP contribution in [0.1, 0.15) is 41.6 Å². The lowest BCUT2D eigenvalue weighted by atomic mass is 9.85. The van der Waals surface area contributed by atoms with E-state index in [1.165, 1.54) is 36.6 Å². The van der Waals surface area contributed by atoms with Crippen molar-refractivity contribution >= 4 is 34.3 Å². The first-order chi connectivity index (χ1) is 20.1. The summed E-state index contributed by atoms with van der Waals surface area (Å²) in [7, 11) is 3.04. The average molecular weight is 587 g/mol. The predicted octanol–water partition coefficient (Wildman–Crippen LogP) is 7.75. The molecule has 0 spiro atoms. The highest BCUT2D eigenvalue weighted by atomic mass is 32.1. The molecular weight excluding hydrogens is 556 g/mol. The number of allylic oxidation sites excluding steroid dienone is 1. The molecule has 0 amide bonds. The van der Waals surface area contributed by atoms with E-state index < -0.39 is 10.9 Å². The fourth-order valence-corrected chi connectivity index (χ4v) is 5.75. The van der Waals surface area contributed by atoms with Gasteiger partial charge in [0.25, 0.3) is 5.69 Å².